The summed E-state index contributed by atoms with van der Waals surface area (Å²) >= 11 is 1.53. The van der Waals surface area contributed by atoms with Crippen LogP contribution in [-0.4, -0.2) is 4.98 Å². The van der Waals surface area contributed by atoms with Gasteiger partial charge in [0.15, 0.2) is 5.13 Å². The molecule has 96 valence electrons. The minimum Gasteiger partial charge on any atom is -0.375 e. The van der Waals surface area contributed by atoms with E-state index in [-0.39, 0.29) is 0 Å². The van der Waals surface area contributed by atoms with Gasteiger partial charge in [0.1, 0.15) is 0 Å². The van der Waals surface area contributed by atoms with Gasteiger partial charge in [-0.3, -0.25) is 0 Å². The predicted octanol–water partition coefficient (Wildman–Crippen LogP) is 2.93. The van der Waals surface area contributed by atoms with E-state index in [0.717, 1.165) is 16.6 Å². The van der Waals surface area contributed by atoms with Crippen molar-refractivity contribution in [3.05, 3.63) is 59.2 Å². The van der Waals surface area contributed by atoms with Crippen LogP contribution < -0.4 is 11.5 Å². The number of aromatic nitrogens is 1. The van der Waals surface area contributed by atoms with Crippen molar-refractivity contribution >= 4 is 26.7 Å². The molecule has 0 radical (unpaired) electrons. The minimum atomic E-state index is 0.582. The van der Waals surface area contributed by atoms with Crippen molar-refractivity contribution in [2.45, 2.75) is 13.0 Å². The zero-order valence-corrected chi connectivity index (χ0v) is 11.3. The molecule has 0 aliphatic carbocycles. The molecule has 0 bridgehead atoms. The number of fused-ring (bicyclic) bond motifs is 1. The number of hydrogen-bond donors (Lipinski definition) is 2. The summed E-state index contributed by atoms with van der Waals surface area (Å²) in [5.74, 6) is 0. The first-order chi connectivity index (χ1) is 9.24. The Morgan fingerprint density at radius 1 is 1.00 bits per heavy atom. The van der Waals surface area contributed by atoms with Crippen LogP contribution in [0, 0.1) is 0 Å². The van der Waals surface area contributed by atoms with Crippen molar-refractivity contribution in [3.63, 3.8) is 0 Å². The average Bonchev–Trinajstić information content (AvgIpc) is 2.78. The van der Waals surface area contributed by atoms with Crippen LogP contribution in [0.15, 0.2) is 42.5 Å². The molecule has 0 saturated heterocycles. The molecule has 0 spiro atoms. The van der Waals surface area contributed by atoms with Gasteiger partial charge in [-0.2, -0.15) is 0 Å². The van der Waals surface area contributed by atoms with Crippen LogP contribution >= 0.6 is 11.3 Å². The fourth-order valence-corrected chi connectivity index (χ4v) is 3.00. The number of hydrogen-bond acceptors (Lipinski definition) is 4. The Morgan fingerprint density at radius 3 is 2.63 bits per heavy atom. The zero-order valence-electron chi connectivity index (χ0n) is 10.5. The van der Waals surface area contributed by atoms with E-state index in [9.17, 15) is 0 Å². The van der Waals surface area contributed by atoms with Crippen molar-refractivity contribution in [2.75, 3.05) is 5.73 Å². The normalized spacial score (nSPS) is 11.0. The molecular formula is C15H15N3S. The van der Waals surface area contributed by atoms with E-state index >= 15 is 0 Å². The van der Waals surface area contributed by atoms with Crippen molar-refractivity contribution in [1.82, 2.24) is 4.98 Å². The van der Waals surface area contributed by atoms with Gasteiger partial charge in [-0.25, -0.2) is 4.98 Å². The first-order valence-corrected chi connectivity index (χ1v) is 6.99. The SMILES string of the molecule is NCc1cccc(Cc2ccc3nc(N)sc3c2)c1. The molecule has 3 aromatic rings. The molecule has 0 unspecified atom stereocenters. The van der Waals surface area contributed by atoms with Crippen LogP contribution in [0.5, 0.6) is 0 Å². The molecule has 0 atom stereocenters. The van der Waals surface area contributed by atoms with Crippen LogP contribution in [0.2, 0.25) is 0 Å². The van der Waals surface area contributed by atoms with Crippen LogP contribution in [-0.2, 0) is 13.0 Å². The summed E-state index contributed by atoms with van der Waals surface area (Å²) in [5, 5.41) is 0.622. The molecule has 0 amide bonds. The highest BCUT2D eigenvalue weighted by Gasteiger charge is 2.03. The lowest BCUT2D eigenvalue weighted by atomic mass is 10.0. The lowest BCUT2D eigenvalue weighted by Crippen LogP contribution is -1.97. The van der Waals surface area contributed by atoms with Gasteiger partial charge >= 0.3 is 0 Å². The Kier molecular flexibility index (Phi) is 3.19. The van der Waals surface area contributed by atoms with E-state index in [1.54, 1.807) is 0 Å². The number of thiazole rings is 1. The van der Waals surface area contributed by atoms with Gasteiger partial charge in [0.05, 0.1) is 10.2 Å². The smallest absolute Gasteiger partial charge is 0.181 e. The first kappa shape index (κ1) is 12.1. The van der Waals surface area contributed by atoms with E-state index in [2.05, 4.69) is 41.4 Å². The molecule has 1 aromatic heterocycles. The number of nitrogens with zero attached hydrogens (tertiary/aromatic N) is 1. The highest BCUT2D eigenvalue weighted by Crippen LogP contribution is 2.25. The summed E-state index contributed by atoms with van der Waals surface area (Å²) in [7, 11) is 0. The van der Waals surface area contributed by atoms with Crippen LogP contribution in [0.25, 0.3) is 10.2 Å². The Balaban J connectivity index is 1.91. The van der Waals surface area contributed by atoms with Crippen molar-refractivity contribution in [1.29, 1.82) is 0 Å². The van der Waals surface area contributed by atoms with Crippen LogP contribution in [0.1, 0.15) is 16.7 Å². The maximum Gasteiger partial charge on any atom is 0.181 e. The second kappa shape index (κ2) is 4.99. The van der Waals surface area contributed by atoms with Gasteiger partial charge in [0, 0.05) is 6.54 Å². The second-order valence-electron chi connectivity index (χ2n) is 4.56. The number of nitrogen functional groups attached to an aromatic ring is 1. The summed E-state index contributed by atoms with van der Waals surface area (Å²) in [6, 6.07) is 14.7. The third-order valence-corrected chi connectivity index (χ3v) is 3.95. The zero-order chi connectivity index (χ0) is 13.2. The van der Waals surface area contributed by atoms with Gasteiger partial charge in [-0.15, -0.1) is 0 Å². The van der Waals surface area contributed by atoms with Gasteiger partial charge < -0.3 is 11.5 Å². The third-order valence-electron chi connectivity index (χ3n) is 3.10. The van der Waals surface area contributed by atoms with Crippen molar-refractivity contribution in [2.24, 2.45) is 5.73 Å². The lowest BCUT2D eigenvalue weighted by molar-refractivity contribution is 1.06. The molecule has 3 rings (SSSR count). The Hall–Kier alpha value is -1.91. The Bertz CT molecular complexity index is 718. The summed E-state index contributed by atoms with van der Waals surface area (Å²) in [6.07, 6.45) is 0.904. The topological polar surface area (TPSA) is 64.9 Å². The van der Waals surface area contributed by atoms with E-state index in [1.165, 1.54) is 28.0 Å². The Morgan fingerprint density at radius 2 is 1.79 bits per heavy atom. The highest BCUT2D eigenvalue weighted by atomic mass is 32.1. The van der Waals surface area contributed by atoms with Gasteiger partial charge in [-0.05, 0) is 35.2 Å². The van der Waals surface area contributed by atoms with E-state index in [0.29, 0.717) is 11.7 Å². The second-order valence-corrected chi connectivity index (χ2v) is 5.62. The van der Waals surface area contributed by atoms with Crippen molar-refractivity contribution in [3.8, 4) is 0 Å². The number of benzene rings is 2. The molecule has 0 aliphatic heterocycles. The maximum absolute atomic E-state index is 5.72. The molecule has 4 N–H and O–H groups in total. The number of nitrogens with two attached hydrogens (primary N) is 2. The molecular weight excluding hydrogens is 254 g/mol. The van der Waals surface area contributed by atoms with E-state index < -0.39 is 0 Å². The molecule has 1 heterocycles. The molecule has 2 aromatic carbocycles. The molecule has 0 fully saturated rings. The monoisotopic (exact) mass is 269 g/mol. The van der Waals surface area contributed by atoms with Crippen molar-refractivity contribution < 1.29 is 0 Å². The number of rotatable bonds is 3. The number of anilines is 1. The van der Waals surface area contributed by atoms with Gasteiger partial charge in [0.2, 0.25) is 0 Å². The largest absolute Gasteiger partial charge is 0.375 e. The summed E-state index contributed by atoms with van der Waals surface area (Å²) < 4.78 is 1.14. The molecule has 4 heteroatoms. The first-order valence-electron chi connectivity index (χ1n) is 6.17. The molecule has 19 heavy (non-hydrogen) atoms. The van der Waals surface area contributed by atoms with Gasteiger partial charge in [-0.1, -0.05) is 41.7 Å². The third kappa shape index (κ3) is 2.59. The average molecular weight is 269 g/mol. The fraction of sp³-hybridized carbons (Fsp3) is 0.133. The van der Waals surface area contributed by atoms with E-state index in [1.807, 2.05) is 6.07 Å². The Labute approximate surface area is 115 Å². The quantitative estimate of drug-likeness (QED) is 0.768. The lowest BCUT2D eigenvalue weighted by Gasteiger charge is -2.04. The highest BCUT2D eigenvalue weighted by molar-refractivity contribution is 7.22. The predicted molar refractivity (Wildman–Crippen MR) is 81.2 cm³/mol. The van der Waals surface area contributed by atoms with E-state index in [4.69, 9.17) is 11.5 Å². The summed E-state index contributed by atoms with van der Waals surface area (Å²) in [6.45, 7) is 0.582. The summed E-state index contributed by atoms with van der Waals surface area (Å²) in [5.41, 5.74) is 16.1. The molecule has 0 aliphatic rings. The fourth-order valence-electron chi connectivity index (χ4n) is 2.20. The maximum atomic E-state index is 5.72. The summed E-state index contributed by atoms with van der Waals surface area (Å²) in [4.78, 5) is 4.27. The van der Waals surface area contributed by atoms with Crippen LogP contribution in [0.3, 0.4) is 0 Å². The molecule has 3 nitrogen and oxygen atoms in total. The molecule has 0 saturated carbocycles. The van der Waals surface area contributed by atoms with Gasteiger partial charge in [0.25, 0.3) is 0 Å². The minimum absolute atomic E-state index is 0.582. The standard InChI is InChI=1S/C15H15N3S/c16-9-12-3-1-2-10(7-12)6-11-4-5-13-14(8-11)19-15(17)18-13/h1-5,7-8H,6,9,16H2,(H2,17,18). The van der Waals surface area contributed by atoms with Crippen LogP contribution in [0.4, 0.5) is 5.13 Å².